The van der Waals surface area contributed by atoms with E-state index in [4.69, 9.17) is 23.2 Å². The molecule has 18 heavy (non-hydrogen) atoms. The lowest BCUT2D eigenvalue weighted by Crippen LogP contribution is -1.90. The van der Waals surface area contributed by atoms with Crippen molar-refractivity contribution in [3.8, 4) is 0 Å². The number of isocyanates is 1. The largest absolute Gasteiger partial charge is 0.244 e. The van der Waals surface area contributed by atoms with Gasteiger partial charge in [0.25, 0.3) is 0 Å². The van der Waals surface area contributed by atoms with Gasteiger partial charge < -0.3 is 0 Å². The number of aromatic nitrogens is 1. The quantitative estimate of drug-likeness (QED) is 0.635. The fourth-order valence-corrected chi connectivity index (χ4v) is 2.73. The molecule has 1 aromatic carbocycles. The van der Waals surface area contributed by atoms with Crippen LogP contribution in [0, 0.1) is 0 Å². The van der Waals surface area contributed by atoms with Crippen LogP contribution < -0.4 is 0 Å². The molecule has 0 amide bonds. The Morgan fingerprint density at radius 2 is 2.22 bits per heavy atom. The molecule has 0 unspecified atom stereocenters. The van der Waals surface area contributed by atoms with Gasteiger partial charge in [0.2, 0.25) is 6.08 Å². The Kier molecular flexibility index (Phi) is 4.50. The number of nitrogens with zero attached hydrogens (tertiary/aromatic N) is 2. The van der Waals surface area contributed by atoms with E-state index in [1.807, 2.05) is 11.4 Å². The van der Waals surface area contributed by atoms with Gasteiger partial charge in [-0.3, -0.25) is 0 Å². The summed E-state index contributed by atoms with van der Waals surface area (Å²) < 4.78 is 0. The molecule has 0 atom stereocenters. The van der Waals surface area contributed by atoms with Crippen LogP contribution in [0.4, 0.5) is 0 Å². The Morgan fingerprint density at radius 3 is 2.94 bits per heavy atom. The molecule has 1 heterocycles. The van der Waals surface area contributed by atoms with Crippen molar-refractivity contribution in [2.24, 2.45) is 4.99 Å². The molecule has 0 bridgehead atoms. The monoisotopic (exact) mass is 298 g/mol. The van der Waals surface area contributed by atoms with Gasteiger partial charge in [-0.1, -0.05) is 29.3 Å². The topological polar surface area (TPSA) is 42.3 Å². The lowest BCUT2D eigenvalue weighted by atomic mass is 10.1. The van der Waals surface area contributed by atoms with E-state index < -0.39 is 0 Å². The van der Waals surface area contributed by atoms with Crippen molar-refractivity contribution in [1.82, 2.24) is 4.98 Å². The molecular weight excluding hydrogens is 291 g/mol. The molecule has 1 aromatic heterocycles. The third-order valence-electron chi connectivity index (χ3n) is 2.26. The zero-order chi connectivity index (χ0) is 13.0. The van der Waals surface area contributed by atoms with Gasteiger partial charge in [-0.05, 0) is 17.7 Å². The highest BCUT2D eigenvalue weighted by atomic mass is 35.5. The highest BCUT2D eigenvalue weighted by Crippen LogP contribution is 2.24. The minimum atomic E-state index is 0.272. The van der Waals surface area contributed by atoms with Crippen LogP contribution in [-0.4, -0.2) is 11.1 Å². The van der Waals surface area contributed by atoms with Crippen LogP contribution in [0.25, 0.3) is 0 Å². The molecule has 0 aliphatic rings. The van der Waals surface area contributed by atoms with Gasteiger partial charge >= 0.3 is 0 Å². The number of halogens is 2. The Bertz CT molecular complexity index is 606. The standard InChI is InChI=1S/C12H8Cl2N2OS/c13-9-2-1-8(11(14)4-9)3-12-16-10(6-18-12)5-15-7-17/h1-2,4,6H,3,5H2. The number of carbonyl (C=O) groups excluding carboxylic acids is 1. The molecule has 92 valence electrons. The number of aliphatic imine (C=N–C) groups is 1. The number of hydrogen-bond acceptors (Lipinski definition) is 4. The van der Waals surface area contributed by atoms with Crippen LogP contribution in [0.3, 0.4) is 0 Å². The van der Waals surface area contributed by atoms with Crippen LogP contribution in [0.2, 0.25) is 10.0 Å². The van der Waals surface area contributed by atoms with Crippen LogP contribution in [-0.2, 0) is 17.8 Å². The minimum Gasteiger partial charge on any atom is -0.244 e. The Balaban J connectivity index is 2.13. The Labute approximate surface area is 118 Å². The van der Waals surface area contributed by atoms with Crippen molar-refractivity contribution < 1.29 is 4.79 Å². The average molecular weight is 299 g/mol. The van der Waals surface area contributed by atoms with Crippen molar-refractivity contribution in [3.05, 3.63) is 49.9 Å². The van der Waals surface area contributed by atoms with Crippen LogP contribution in [0.1, 0.15) is 16.3 Å². The Hall–Kier alpha value is -1.19. The van der Waals surface area contributed by atoms with Crippen molar-refractivity contribution >= 4 is 40.6 Å². The van der Waals surface area contributed by atoms with Crippen LogP contribution in [0.15, 0.2) is 28.6 Å². The molecular formula is C12H8Cl2N2OS. The van der Waals surface area contributed by atoms with Gasteiger partial charge in [0.15, 0.2) is 0 Å². The number of benzene rings is 1. The molecule has 0 N–H and O–H groups in total. The fraction of sp³-hybridized carbons (Fsp3) is 0.167. The summed E-state index contributed by atoms with van der Waals surface area (Å²) in [6.07, 6.45) is 2.14. The maximum Gasteiger partial charge on any atom is 0.235 e. The predicted molar refractivity (Wildman–Crippen MR) is 73.2 cm³/mol. The van der Waals surface area contributed by atoms with Crippen LogP contribution >= 0.6 is 34.5 Å². The molecule has 0 aliphatic carbocycles. The first-order valence-electron chi connectivity index (χ1n) is 5.10. The Morgan fingerprint density at radius 1 is 1.39 bits per heavy atom. The van der Waals surface area contributed by atoms with Gasteiger partial charge in [-0.2, -0.15) is 4.99 Å². The van der Waals surface area contributed by atoms with Gasteiger partial charge in [-0.15, -0.1) is 11.3 Å². The number of thiazole rings is 1. The molecule has 0 saturated heterocycles. The summed E-state index contributed by atoms with van der Waals surface area (Å²) in [5.41, 5.74) is 1.74. The summed E-state index contributed by atoms with van der Waals surface area (Å²) in [4.78, 5) is 17.9. The zero-order valence-corrected chi connectivity index (χ0v) is 11.5. The third kappa shape index (κ3) is 3.40. The predicted octanol–water partition coefficient (Wildman–Crippen LogP) is 3.88. The maximum atomic E-state index is 10.0. The second-order valence-corrected chi connectivity index (χ2v) is 5.34. The van der Waals surface area contributed by atoms with Gasteiger partial charge in [-0.25, -0.2) is 9.78 Å². The SMILES string of the molecule is O=C=NCc1csc(Cc2ccc(Cl)cc2Cl)n1. The van der Waals surface area contributed by atoms with Crippen LogP contribution in [0.5, 0.6) is 0 Å². The van der Waals surface area contributed by atoms with E-state index in [1.54, 1.807) is 12.1 Å². The normalized spacial score (nSPS) is 10.1. The fourth-order valence-electron chi connectivity index (χ4n) is 1.44. The molecule has 0 saturated carbocycles. The summed E-state index contributed by atoms with van der Waals surface area (Å²) in [5.74, 6) is 0. The molecule has 0 aliphatic heterocycles. The lowest BCUT2D eigenvalue weighted by molar-refractivity contribution is 0.562. The molecule has 3 nitrogen and oxygen atoms in total. The third-order valence-corrected chi connectivity index (χ3v) is 3.75. The maximum absolute atomic E-state index is 10.0. The molecule has 0 fully saturated rings. The van der Waals surface area contributed by atoms with E-state index in [9.17, 15) is 4.79 Å². The molecule has 0 spiro atoms. The first-order chi connectivity index (χ1) is 8.69. The summed E-state index contributed by atoms with van der Waals surface area (Å²) in [6.45, 7) is 0.272. The van der Waals surface area contributed by atoms with Gasteiger partial charge in [0.1, 0.15) is 0 Å². The van der Waals surface area contributed by atoms with Crippen molar-refractivity contribution in [2.45, 2.75) is 13.0 Å². The summed E-state index contributed by atoms with van der Waals surface area (Å²) in [6, 6.07) is 5.40. The average Bonchev–Trinajstić information content (AvgIpc) is 2.78. The van der Waals surface area contributed by atoms with E-state index in [0.29, 0.717) is 16.5 Å². The summed E-state index contributed by atoms with van der Waals surface area (Å²) in [5, 5.41) is 4.05. The van der Waals surface area contributed by atoms with Crippen molar-refractivity contribution in [3.63, 3.8) is 0 Å². The summed E-state index contributed by atoms with van der Waals surface area (Å²) in [7, 11) is 0. The second kappa shape index (κ2) is 6.12. The van der Waals surface area contributed by atoms with Gasteiger partial charge in [0.05, 0.1) is 17.2 Å². The minimum absolute atomic E-state index is 0.272. The summed E-state index contributed by atoms with van der Waals surface area (Å²) >= 11 is 13.4. The van der Waals surface area contributed by atoms with E-state index in [2.05, 4.69) is 9.98 Å². The molecule has 6 heteroatoms. The number of rotatable bonds is 4. The molecule has 2 rings (SSSR count). The number of hydrogen-bond donors (Lipinski definition) is 0. The van der Waals surface area contributed by atoms with Gasteiger partial charge in [0, 0.05) is 21.8 Å². The highest BCUT2D eigenvalue weighted by molar-refractivity contribution is 7.09. The van der Waals surface area contributed by atoms with E-state index >= 15 is 0 Å². The van der Waals surface area contributed by atoms with Crippen molar-refractivity contribution in [1.29, 1.82) is 0 Å². The lowest BCUT2D eigenvalue weighted by Gasteiger charge is -2.01. The smallest absolute Gasteiger partial charge is 0.235 e. The second-order valence-electron chi connectivity index (χ2n) is 3.55. The highest BCUT2D eigenvalue weighted by Gasteiger charge is 2.06. The van der Waals surface area contributed by atoms with E-state index in [1.165, 1.54) is 17.4 Å². The zero-order valence-electron chi connectivity index (χ0n) is 9.19. The van der Waals surface area contributed by atoms with E-state index in [0.717, 1.165) is 16.3 Å². The first-order valence-corrected chi connectivity index (χ1v) is 6.73. The van der Waals surface area contributed by atoms with E-state index in [-0.39, 0.29) is 6.54 Å². The first kappa shape index (κ1) is 13.2. The molecule has 2 aromatic rings. The van der Waals surface area contributed by atoms with Crippen molar-refractivity contribution in [2.75, 3.05) is 0 Å². The molecule has 0 radical (unpaired) electrons.